The number of nitrogens with zero attached hydrogens (tertiary/aromatic N) is 2. The predicted octanol–water partition coefficient (Wildman–Crippen LogP) is 4.25. The molecule has 1 unspecified atom stereocenters. The van der Waals surface area contributed by atoms with Crippen molar-refractivity contribution in [2.45, 2.75) is 13.3 Å². The number of benzene rings is 2. The summed E-state index contributed by atoms with van der Waals surface area (Å²) in [5.41, 5.74) is 2.75. The largest absolute Gasteiger partial charge is 0.312 e. The van der Waals surface area contributed by atoms with Crippen molar-refractivity contribution >= 4 is 55.8 Å². The molecule has 1 aromatic heterocycles. The van der Waals surface area contributed by atoms with Crippen molar-refractivity contribution in [2.24, 2.45) is 5.92 Å². The second-order valence-electron chi connectivity index (χ2n) is 6.36. The number of aryl methyl sites for hydroxylation is 1. The van der Waals surface area contributed by atoms with Crippen LogP contribution >= 0.6 is 22.9 Å². The van der Waals surface area contributed by atoms with Gasteiger partial charge in [-0.25, -0.2) is 4.98 Å². The van der Waals surface area contributed by atoms with E-state index in [0.29, 0.717) is 16.7 Å². The van der Waals surface area contributed by atoms with Crippen molar-refractivity contribution in [2.75, 3.05) is 16.8 Å². The van der Waals surface area contributed by atoms with Gasteiger partial charge in [0, 0.05) is 23.7 Å². The van der Waals surface area contributed by atoms with E-state index >= 15 is 0 Å². The lowest BCUT2D eigenvalue weighted by Gasteiger charge is -2.16. The fourth-order valence-corrected chi connectivity index (χ4v) is 4.16. The number of hydrogen-bond donors (Lipinski definition) is 1. The Bertz CT molecular complexity index is 1000. The molecule has 0 saturated carbocycles. The highest BCUT2D eigenvalue weighted by atomic mass is 35.5. The second kappa shape index (κ2) is 6.70. The summed E-state index contributed by atoms with van der Waals surface area (Å²) in [4.78, 5) is 31.0. The van der Waals surface area contributed by atoms with Crippen molar-refractivity contribution in [1.82, 2.24) is 4.98 Å². The van der Waals surface area contributed by atoms with Crippen molar-refractivity contribution in [1.29, 1.82) is 0 Å². The molecule has 26 heavy (non-hydrogen) atoms. The van der Waals surface area contributed by atoms with E-state index in [1.807, 2.05) is 43.3 Å². The molecule has 1 N–H and O–H groups in total. The molecule has 1 aliphatic rings. The monoisotopic (exact) mass is 385 g/mol. The molecule has 5 nitrogen and oxygen atoms in total. The van der Waals surface area contributed by atoms with Gasteiger partial charge < -0.3 is 10.2 Å². The van der Waals surface area contributed by atoms with Crippen LogP contribution in [-0.2, 0) is 9.59 Å². The normalized spacial score (nSPS) is 17.1. The van der Waals surface area contributed by atoms with E-state index < -0.39 is 0 Å². The zero-order valence-electron chi connectivity index (χ0n) is 14.0. The Morgan fingerprint density at radius 1 is 1.27 bits per heavy atom. The van der Waals surface area contributed by atoms with E-state index in [9.17, 15) is 9.59 Å². The Hall–Kier alpha value is -2.44. The van der Waals surface area contributed by atoms with Gasteiger partial charge in [-0.2, -0.15) is 0 Å². The summed E-state index contributed by atoms with van der Waals surface area (Å²) in [6, 6.07) is 13.1. The van der Waals surface area contributed by atoms with Gasteiger partial charge >= 0.3 is 0 Å². The molecular weight excluding hydrogens is 370 g/mol. The first-order valence-electron chi connectivity index (χ1n) is 8.23. The van der Waals surface area contributed by atoms with Crippen molar-refractivity contribution in [3.05, 3.63) is 53.1 Å². The SMILES string of the molecule is Cc1ccc(N2CC(C(=O)Nc3nc4ccc(Cl)cc4s3)CC2=O)cc1. The predicted molar refractivity (Wildman–Crippen MR) is 105 cm³/mol. The third kappa shape index (κ3) is 3.30. The highest BCUT2D eigenvalue weighted by molar-refractivity contribution is 7.22. The lowest BCUT2D eigenvalue weighted by atomic mass is 10.1. The molecule has 1 saturated heterocycles. The van der Waals surface area contributed by atoms with Crippen molar-refractivity contribution < 1.29 is 9.59 Å². The molecule has 0 radical (unpaired) electrons. The number of carbonyl (C=O) groups excluding carboxylic acids is 2. The van der Waals surface area contributed by atoms with Crippen LogP contribution in [0.1, 0.15) is 12.0 Å². The van der Waals surface area contributed by atoms with Crippen LogP contribution in [-0.4, -0.2) is 23.3 Å². The number of rotatable bonds is 3. The topological polar surface area (TPSA) is 62.3 Å². The average molecular weight is 386 g/mol. The zero-order valence-corrected chi connectivity index (χ0v) is 15.6. The minimum absolute atomic E-state index is 0.0370. The second-order valence-corrected chi connectivity index (χ2v) is 7.83. The fourth-order valence-electron chi connectivity index (χ4n) is 3.02. The average Bonchev–Trinajstić information content (AvgIpc) is 3.18. The summed E-state index contributed by atoms with van der Waals surface area (Å²) in [6.45, 7) is 2.38. The van der Waals surface area contributed by atoms with Crippen LogP contribution in [0, 0.1) is 12.8 Å². The van der Waals surface area contributed by atoms with Gasteiger partial charge in [0.25, 0.3) is 0 Å². The molecule has 0 bridgehead atoms. The van der Waals surface area contributed by atoms with Gasteiger partial charge in [-0.15, -0.1) is 0 Å². The van der Waals surface area contributed by atoms with Crippen molar-refractivity contribution in [3.8, 4) is 0 Å². The number of halogens is 1. The van der Waals surface area contributed by atoms with Crippen LogP contribution in [0.5, 0.6) is 0 Å². The van der Waals surface area contributed by atoms with Crippen LogP contribution in [0.25, 0.3) is 10.2 Å². The molecule has 2 heterocycles. The molecule has 4 rings (SSSR count). The van der Waals surface area contributed by atoms with Gasteiger partial charge in [0.1, 0.15) is 0 Å². The molecular formula is C19H16ClN3O2S. The molecule has 1 aliphatic heterocycles. The quantitative estimate of drug-likeness (QED) is 0.733. The fraction of sp³-hybridized carbons (Fsp3) is 0.211. The lowest BCUT2D eigenvalue weighted by molar-refractivity contribution is -0.122. The summed E-state index contributed by atoms with van der Waals surface area (Å²) < 4.78 is 0.914. The lowest BCUT2D eigenvalue weighted by Crippen LogP contribution is -2.28. The van der Waals surface area contributed by atoms with E-state index in [-0.39, 0.29) is 24.2 Å². The van der Waals surface area contributed by atoms with Crippen LogP contribution in [0.15, 0.2) is 42.5 Å². The first-order valence-corrected chi connectivity index (χ1v) is 9.43. The maximum absolute atomic E-state index is 12.6. The number of hydrogen-bond acceptors (Lipinski definition) is 4. The first-order chi connectivity index (χ1) is 12.5. The standard InChI is InChI=1S/C19H16ClN3O2S/c1-11-2-5-14(6-3-11)23-10-12(8-17(23)24)18(25)22-19-21-15-7-4-13(20)9-16(15)26-19/h2-7,9,12H,8,10H2,1H3,(H,21,22,25). The Kier molecular flexibility index (Phi) is 4.38. The number of amides is 2. The Balaban J connectivity index is 1.48. The Morgan fingerprint density at radius 2 is 2.04 bits per heavy atom. The Labute approximate surface area is 159 Å². The van der Waals surface area contributed by atoms with Crippen molar-refractivity contribution in [3.63, 3.8) is 0 Å². The molecule has 1 atom stereocenters. The number of fused-ring (bicyclic) bond motifs is 1. The zero-order chi connectivity index (χ0) is 18.3. The van der Waals surface area contributed by atoms with E-state index in [1.54, 1.807) is 11.0 Å². The van der Waals surface area contributed by atoms with Crippen LogP contribution in [0.2, 0.25) is 5.02 Å². The molecule has 1 fully saturated rings. The maximum Gasteiger partial charge on any atom is 0.231 e. The molecule has 0 aliphatic carbocycles. The summed E-state index contributed by atoms with van der Waals surface area (Å²) >= 11 is 7.36. The minimum Gasteiger partial charge on any atom is -0.312 e. The van der Waals surface area contributed by atoms with Crippen LogP contribution < -0.4 is 10.2 Å². The van der Waals surface area contributed by atoms with Gasteiger partial charge in [-0.05, 0) is 37.3 Å². The van der Waals surface area contributed by atoms with E-state index in [0.717, 1.165) is 21.5 Å². The molecule has 3 aromatic rings. The van der Waals surface area contributed by atoms with Crippen LogP contribution in [0.3, 0.4) is 0 Å². The van der Waals surface area contributed by atoms with Gasteiger partial charge in [-0.3, -0.25) is 9.59 Å². The maximum atomic E-state index is 12.6. The first kappa shape index (κ1) is 17.0. The van der Waals surface area contributed by atoms with E-state index in [1.165, 1.54) is 11.3 Å². The summed E-state index contributed by atoms with van der Waals surface area (Å²) in [5, 5.41) is 4.00. The highest BCUT2D eigenvalue weighted by Crippen LogP contribution is 2.30. The Morgan fingerprint density at radius 3 is 2.81 bits per heavy atom. The number of thiazole rings is 1. The third-order valence-electron chi connectivity index (χ3n) is 4.42. The number of anilines is 2. The molecule has 2 aromatic carbocycles. The van der Waals surface area contributed by atoms with E-state index in [4.69, 9.17) is 11.6 Å². The molecule has 2 amide bonds. The summed E-state index contributed by atoms with van der Waals surface area (Å²) in [5.74, 6) is -0.609. The molecule has 132 valence electrons. The van der Waals surface area contributed by atoms with E-state index in [2.05, 4.69) is 10.3 Å². The molecule has 0 spiro atoms. The number of nitrogens with one attached hydrogen (secondary N) is 1. The number of carbonyl (C=O) groups is 2. The van der Waals surface area contributed by atoms with Gasteiger partial charge in [-0.1, -0.05) is 40.6 Å². The smallest absolute Gasteiger partial charge is 0.231 e. The van der Waals surface area contributed by atoms with Gasteiger partial charge in [0.2, 0.25) is 11.8 Å². The third-order valence-corrected chi connectivity index (χ3v) is 5.59. The summed E-state index contributed by atoms with van der Waals surface area (Å²) in [6.07, 6.45) is 0.205. The van der Waals surface area contributed by atoms with Gasteiger partial charge in [0.05, 0.1) is 16.1 Å². The minimum atomic E-state index is -0.389. The highest BCUT2D eigenvalue weighted by Gasteiger charge is 2.35. The molecule has 7 heteroatoms. The summed E-state index contributed by atoms with van der Waals surface area (Å²) in [7, 11) is 0. The van der Waals surface area contributed by atoms with Crippen LogP contribution in [0.4, 0.5) is 10.8 Å². The number of aromatic nitrogens is 1. The van der Waals surface area contributed by atoms with Gasteiger partial charge in [0.15, 0.2) is 5.13 Å².